The van der Waals surface area contributed by atoms with E-state index in [1.54, 1.807) is 0 Å². The molecule has 0 aliphatic heterocycles. The van der Waals surface area contributed by atoms with Gasteiger partial charge < -0.3 is 54.8 Å². The third-order valence-electron chi connectivity index (χ3n) is 8.73. The lowest BCUT2D eigenvalue weighted by atomic mass is 9.41. The van der Waals surface area contributed by atoms with Gasteiger partial charge in [0.05, 0.1) is 70.5 Å². The number of amides is 4. The van der Waals surface area contributed by atoms with Crippen molar-refractivity contribution in [2.24, 2.45) is 5.41 Å². The van der Waals surface area contributed by atoms with Gasteiger partial charge in [-0.05, 0) is 38.5 Å². The van der Waals surface area contributed by atoms with E-state index in [9.17, 15) is 24.3 Å². The second-order valence-corrected chi connectivity index (χ2v) is 12.9. The summed E-state index contributed by atoms with van der Waals surface area (Å²) in [7, 11) is 0. The highest BCUT2D eigenvalue weighted by atomic mass is 16.5. The first-order valence-corrected chi connectivity index (χ1v) is 17.7. The van der Waals surface area contributed by atoms with Crippen molar-refractivity contribution in [2.75, 3.05) is 98.9 Å². The number of ether oxygens (including phenoxy) is 6. The average molecular weight is 733 g/mol. The summed E-state index contributed by atoms with van der Waals surface area (Å²) in [5.74, 6) is 6.05. The minimum absolute atomic E-state index is 0.0247. The van der Waals surface area contributed by atoms with E-state index in [-0.39, 0.29) is 121 Å². The quantitative estimate of drug-likeness (QED) is 0.0441. The van der Waals surface area contributed by atoms with Crippen molar-refractivity contribution >= 4 is 23.6 Å². The maximum Gasteiger partial charge on any atom is 0.226 e. The van der Waals surface area contributed by atoms with Gasteiger partial charge in [-0.2, -0.15) is 0 Å². The first kappa shape index (κ1) is 44.4. The lowest BCUT2D eigenvalue weighted by Crippen LogP contribution is -2.73. The summed E-state index contributed by atoms with van der Waals surface area (Å²) in [6.07, 6.45) is 17.1. The topological polar surface area (TPSA) is 192 Å². The molecule has 3 aliphatic rings. The van der Waals surface area contributed by atoms with Crippen LogP contribution in [0.1, 0.15) is 57.8 Å². The number of carbonyl (C=O) groups excluding carboxylic acids is 4. The lowest BCUT2D eigenvalue weighted by molar-refractivity contribution is -0.251. The molecule has 2 bridgehead atoms. The third-order valence-corrected chi connectivity index (χ3v) is 8.73. The van der Waals surface area contributed by atoms with Crippen molar-refractivity contribution < 1.29 is 52.7 Å². The lowest BCUT2D eigenvalue weighted by Gasteiger charge is -2.66. The molecule has 290 valence electrons. The van der Waals surface area contributed by atoms with Gasteiger partial charge in [-0.1, -0.05) is 17.8 Å². The number of rotatable bonds is 32. The molecule has 15 nitrogen and oxygen atoms in total. The highest BCUT2D eigenvalue weighted by molar-refractivity contribution is 5.88. The Kier molecular flexibility index (Phi) is 21.6. The summed E-state index contributed by atoms with van der Waals surface area (Å²) in [4.78, 5) is 52.4. The van der Waals surface area contributed by atoms with Gasteiger partial charge in [-0.25, -0.2) is 0 Å². The molecule has 5 N–H and O–H groups in total. The fourth-order valence-electron chi connectivity index (χ4n) is 6.08. The molecule has 0 saturated heterocycles. The van der Waals surface area contributed by atoms with E-state index in [0.717, 1.165) is 0 Å². The molecule has 0 aromatic carbocycles. The molecular formula is C37H56N4O11. The van der Waals surface area contributed by atoms with Crippen molar-refractivity contribution in [3.05, 3.63) is 0 Å². The predicted molar refractivity (Wildman–Crippen MR) is 190 cm³/mol. The first-order valence-electron chi connectivity index (χ1n) is 17.7. The zero-order valence-electron chi connectivity index (χ0n) is 30.2. The van der Waals surface area contributed by atoms with Crippen molar-refractivity contribution in [3.8, 4) is 37.0 Å². The van der Waals surface area contributed by atoms with E-state index in [1.807, 2.05) is 0 Å². The van der Waals surface area contributed by atoms with Gasteiger partial charge in [0.1, 0.15) is 19.8 Å². The van der Waals surface area contributed by atoms with Crippen molar-refractivity contribution in [1.82, 2.24) is 21.3 Å². The number of hydrogen-bond donors (Lipinski definition) is 5. The largest absolute Gasteiger partial charge is 0.390 e. The van der Waals surface area contributed by atoms with Crippen LogP contribution in [0.2, 0.25) is 0 Å². The van der Waals surface area contributed by atoms with Gasteiger partial charge in [0.15, 0.2) is 0 Å². The molecule has 0 aromatic heterocycles. The monoisotopic (exact) mass is 732 g/mol. The fraction of sp³-hybridized carbons (Fsp3) is 0.730. The van der Waals surface area contributed by atoms with Gasteiger partial charge in [-0.15, -0.1) is 19.3 Å². The van der Waals surface area contributed by atoms with Gasteiger partial charge in [0.2, 0.25) is 23.6 Å². The maximum absolute atomic E-state index is 13.7. The molecule has 3 aliphatic carbocycles. The highest BCUT2D eigenvalue weighted by Gasteiger charge is 2.71. The van der Waals surface area contributed by atoms with Crippen LogP contribution in [-0.2, 0) is 47.6 Å². The predicted octanol–water partition coefficient (Wildman–Crippen LogP) is -0.555. The van der Waals surface area contributed by atoms with E-state index in [2.05, 4.69) is 39.0 Å². The summed E-state index contributed by atoms with van der Waals surface area (Å²) >= 11 is 0. The number of nitrogens with one attached hydrogen (secondary N) is 4. The molecule has 4 amide bonds. The van der Waals surface area contributed by atoms with Crippen LogP contribution in [0.25, 0.3) is 0 Å². The number of aliphatic hydroxyl groups is 1. The second-order valence-electron chi connectivity index (χ2n) is 12.9. The van der Waals surface area contributed by atoms with Crippen LogP contribution in [-0.4, -0.2) is 139 Å². The molecule has 0 aromatic rings. The van der Waals surface area contributed by atoms with Crippen LogP contribution < -0.4 is 21.3 Å². The second kappa shape index (κ2) is 25.3. The Labute approximate surface area is 307 Å². The molecule has 15 heteroatoms. The van der Waals surface area contributed by atoms with Crippen LogP contribution in [0.4, 0.5) is 0 Å². The fourth-order valence-corrected chi connectivity index (χ4v) is 6.08. The molecule has 3 rings (SSSR count). The van der Waals surface area contributed by atoms with Crippen molar-refractivity contribution in [3.63, 3.8) is 0 Å². The molecule has 3 saturated carbocycles. The van der Waals surface area contributed by atoms with E-state index in [4.69, 9.17) is 47.7 Å². The summed E-state index contributed by atoms with van der Waals surface area (Å²) < 4.78 is 31.8. The Morgan fingerprint density at radius 1 is 0.558 bits per heavy atom. The highest BCUT2D eigenvalue weighted by Crippen LogP contribution is 2.67. The smallest absolute Gasteiger partial charge is 0.226 e. The van der Waals surface area contributed by atoms with Crippen LogP contribution in [0.15, 0.2) is 0 Å². The van der Waals surface area contributed by atoms with Crippen LogP contribution >= 0.6 is 0 Å². The average Bonchev–Trinajstić information content (AvgIpc) is 3.10. The molecule has 52 heavy (non-hydrogen) atoms. The van der Waals surface area contributed by atoms with Gasteiger partial charge in [0, 0.05) is 44.4 Å². The van der Waals surface area contributed by atoms with Crippen molar-refractivity contribution in [1.29, 1.82) is 0 Å². The Balaban J connectivity index is 1.99. The zero-order valence-corrected chi connectivity index (χ0v) is 30.2. The minimum Gasteiger partial charge on any atom is -0.390 e. The molecule has 0 atom stereocenters. The molecule has 0 spiro atoms. The van der Waals surface area contributed by atoms with Gasteiger partial charge in [0.25, 0.3) is 0 Å². The molecule has 3 fully saturated rings. The first-order chi connectivity index (χ1) is 25.1. The molecule has 0 radical (unpaired) electrons. The van der Waals surface area contributed by atoms with Crippen LogP contribution in [0.3, 0.4) is 0 Å². The SMILES string of the molecule is C#CCOCCOCCNC(=O)CCC(CCC(=O)NCCOCCOCC#C)(CCC(=O)NCCOCCOCC#C)NC(=O)C12CC(O)(C1)C2. The maximum atomic E-state index is 13.7. The third kappa shape index (κ3) is 17.7. The summed E-state index contributed by atoms with van der Waals surface area (Å²) in [6, 6.07) is 0. The van der Waals surface area contributed by atoms with Crippen molar-refractivity contribution in [2.45, 2.75) is 68.9 Å². The summed E-state index contributed by atoms with van der Waals surface area (Å²) in [5.41, 5.74) is -2.56. The normalized spacial score (nSPS) is 18.4. The molecular weight excluding hydrogens is 676 g/mol. The molecule has 0 heterocycles. The molecule has 0 unspecified atom stereocenters. The summed E-state index contributed by atoms with van der Waals surface area (Å²) in [5, 5.41) is 21.9. The van der Waals surface area contributed by atoms with Gasteiger partial charge in [-0.3, -0.25) is 19.2 Å². The van der Waals surface area contributed by atoms with Crippen LogP contribution in [0.5, 0.6) is 0 Å². The van der Waals surface area contributed by atoms with Gasteiger partial charge >= 0.3 is 0 Å². The zero-order chi connectivity index (χ0) is 38.0. The Hall–Kier alpha value is -3.72. The Bertz CT molecular complexity index is 1110. The van der Waals surface area contributed by atoms with E-state index in [0.29, 0.717) is 58.9 Å². The number of terminal acetylenes is 3. The Morgan fingerprint density at radius 3 is 1.19 bits per heavy atom. The van der Waals surface area contributed by atoms with Crippen LogP contribution in [0, 0.1) is 42.4 Å². The standard InChI is InChI=1S/C37H56N4O11/c1-4-16-47-22-25-50-19-13-38-31(42)7-10-36(41-34(45)35-28-37(46,29-35)30-35,11-8-32(43)39-14-20-51-26-23-48-17-5-2)12-9-33(44)40-15-21-52-27-24-49-18-6-3/h1-3,46H,7-30H2,(H,38,42)(H,39,43)(H,40,44)(H,41,45). The van der Waals surface area contributed by atoms with E-state index < -0.39 is 16.6 Å². The minimum atomic E-state index is -1.07. The summed E-state index contributed by atoms with van der Waals surface area (Å²) in [6.45, 7) is 4.16. The number of hydrogen-bond acceptors (Lipinski definition) is 11. The van der Waals surface area contributed by atoms with E-state index >= 15 is 0 Å². The van der Waals surface area contributed by atoms with E-state index in [1.165, 1.54) is 0 Å². The number of carbonyl (C=O) groups is 4. The Morgan fingerprint density at radius 2 is 0.885 bits per heavy atom.